The summed E-state index contributed by atoms with van der Waals surface area (Å²) in [5, 5.41) is 2.52. The molecule has 0 spiro atoms. The Bertz CT molecular complexity index is 639. The van der Waals surface area contributed by atoms with Gasteiger partial charge in [0.15, 0.2) is 0 Å². The number of hydrogen-bond donors (Lipinski definition) is 0. The predicted octanol–water partition coefficient (Wildman–Crippen LogP) is 4.70. The fourth-order valence-electron chi connectivity index (χ4n) is 2.38. The summed E-state index contributed by atoms with van der Waals surface area (Å²) in [4.78, 5) is 19.0. The zero-order valence-electron chi connectivity index (χ0n) is 14.0. The first-order valence-electron chi connectivity index (χ1n) is 7.87. The van der Waals surface area contributed by atoms with E-state index in [2.05, 4.69) is 32.7 Å². The zero-order valence-corrected chi connectivity index (χ0v) is 14.9. The fraction of sp³-hybridized carbons (Fsp3) is 0.444. The molecule has 1 aromatic heterocycles. The van der Waals surface area contributed by atoms with Gasteiger partial charge in [-0.15, -0.1) is 11.3 Å². The molecule has 0 radical (unpaired) electrons. The predicted molar refractivity (Wildman–Crippen MR) is 93.1 cm³/mol. The van der Waals surface area contributed by atoms with Gasteiger partial charge < -0.3 is 4.90 Å². The van der Waals surface area contributed by atoms with Gasteiger partial charge in [-0.25, -0.2) is 9.37 Å². The topological polar surface area (TPSA) is 33.2 Å². The number of carbonyl (C=O) groups excluding carboxylic acids is 1. The maximum absolute atomic E-state index is 13.0. The number of aromatic nitrogens is 1. The van der Waals surface area contributed by atoms with Crippen LogP contribution in [0.2, 0.25) is 0 Å². The molecular weight excluding hydrogens is 311 g/mol. The first-order valence-corrected chi connectivity index (χ1v) is 8.75. The van der Waals surface area contributed by atoms with Gasteiger partial charge in [-0.05, 0) is 36.1 Å². The summed E-state index contributed by atoms with van der Waals surface area (Å²) in [6.45, 7) is 9.86. The minimum Gasteiger partial charge on any atom is -0.337 e. The van der Waals surface area contributed by atoms with Gasteiger partial charge >= 0.3 is 0 Å². The van der Waals surface area contributed by atoms with Gasteiger partial charge in [-0.3, -0.25) is 4.79 Å². The third-order valence-corrected chi connectivity index (χ3v) is 4.16. The van der Waals surface area contributed by atoms with Gasteiger partial charge in [0.25, 0.3) is 5.91 Å². The van der Waals surface area contributed by atoms with Gasteiger partial charge in [0, 0.05) is 24.0 Å². The van der Waals surface area contributed by atoms with Crippen LogP contribution in [-0.2, 0) is 0 Å². The molecule has 0 saturated carbocycles. The van der Waals surface area contributed by atoms with Crippen LogP contribution in [0.15, 0.2) is 29.6 Å². The van der Waals surface area contributed by atoms with Crippen LogP contribution in [0.3, 0.4) is 0 Å². The highest BCUT2D eigenvalue weighted by Crippen LogP contribution is 2.24. The lowest BCUT2D eigenvalue weighted by Crippen LogP contribution is -2.37. The third kappa shape index (κ3) is 4.86. The number of carbonyl (C=O) groups is 1. The smallest absolute Gasteiger partial charge is 0.273 e. The van der Waals surface area contributed by atoms with Crippen LogP contribution in [0, 0.1) is 17.7 Å². The average Bonchev–Trinajstić information content (AvgIpc) is 2.95. The molecule has 0 saturated heterocycles. The van der Waals surface area contributed by atoms with Crippen molar-refractivity contribution in [3.8, 4) is 10.6 Å². The molecule has 0 fully saturated rings. The lowest BCUT2D eigenvalue weighted by atomic mass is 10.1. The van der Waals surface area contributed by atoms with Crippen LogP contribution in [0.4, 0.5) is 4.39 Å². The molecule has 0 unspecified atom stereocenters. The Morgan fingerprint density at radius 1 is 1.13 bits per heavy atom. The van der Waals surface area contributed by atoms with Crippen molar-refractivity contribution in [2.24, 2.45) is 11.8 Å². The number of rotatable bonds is 6. The van der Waals surface area contributed by atoms with E-state index in [1.54, 1.807) is 17.5 Å². The zero-order chi connectivity index (χ0) is 17.0. The number of halogens is 1. The standard InChI is InChI=1S/C18H23FN2OS/c1-12(2)9-21(10-13(3)4)18(22)16-11-23-17(20-16)14-5-7-15(19)8-6-14/h5-8,11-13H,9-10H2,1-4H3. The lowest BCUT2D eigenvalue weighted by molar-refractivity contribution is 0.0710. The minimum absolute atomic E-state index is 0.0305. The lowest BCUT2D eigenvalue weighted by Gasteiger charge is -2.25. The second-order valence-corrected chi connectivity index (χ2v) is 7.40. The molecule has 2 rings (SSSR count). The first-order chi connectivity index (χ1) is 10.9. The first kappa shape index (κ1) is 17.6. The van der Waals surface area contributed by atoms with Crippen LogP contribution in [0.5, 0.6) is 0 Å². The highest BCUT2D eigenvalue weighted by atomic mass is 32.1. The van der Waals surface area contributed by atoms with Gasteiger partial charge in [-0.2, -0.15) is 0 Å². The molecule has 2 aromatic rings. The minimum atomic E-state index is -0.276. The van der Waals surface area contributed by atoms with Crippen molar-refractivity contribution < 1.29 is 9.18 Å². The summed E-state index contributed by atoms with van der Waals surface area (Å²) in [6, 6.07) is 6.18. The monoisotopic (exact) mass is 334 g/mol. The number of nitrogens with zero attached hydrogens (tertiary/aromatic N) is 2. The number of amides is 1. The van der Waals surface area contributed by atoms with Crippen molar-refractivity contribution in [1.29, 1.82) is 0 Å². The molecule has 0 N–H and O–H groups in total. The summed E-state index contributed by atoms with van der Waals surface area (Å²) in [5.41, 5.74) is 1.30. The van der Waals surface area contributed by atoms with E-state index in [4.69, 9.17) is 0 Å². The molecule has 0 aliphatic rings. The van der Waals surface area contributed by atoms with E-state index >= 15 is 0 Å². The van der Waals surface area contributed by atoms with Crippen LogP contribution < -0.4 is 0 Å². The summed E-state index contributed by atoms with van der Waals surface area (Å²) < 4.78 is 13.0. The molecule has 0 atom stereocenters. The van der Waals surface area contributed by atoms with Gasteiger partial charge in [0.05, 0.1) is 0 Å². The van der Waals surface area contributed by atoms with Crippen molar-refractivity contribution in [3.05, 3.63) is 41.2 Å². The summed E-state index contributed by atoms with van der Waals surface area (Å²) in [6.07, 6.45) is 0. The SMILES string of the molecule is CC(C)CN(CC(C)C)C(=O)c1csc(-c2ccc(F)cc2)n1. The van der Waals surface area contributed by atoms with E-state index in [0.29, 0.717) is 17.5 Å². The summed E-state index contributed by atoms with van der Waals surface area (Å²) in [5.74, 6) is 0.513. The van der Waals surface area contributed by atoms with E-state index < -0.39 is 0 Å². The molecular formula is C18H23FN2OS. The highest BCUT2D eigenvalue weighted by molar-refractivity contribution is 7.13. The van der Waals surface area contributed by atoms with Crippen molar-refractivity contribution >= 4 is 17.2 Å². The van der Waals surface area contributed by atoms with Gasteiger partial charge in [0.1, 0.15) is 16.5 Å². The molecule has 0 aliphatic carbocycles. The van der Waals surface area contributed by atoms with Crippen molar-refractivity contribution in [2.45, 2.75) is 27.7 Å². The van der Waals surface area contributed by atoms with Gasteiger partial charge in [0.2, 0.25) is 0 Å². The molecule has 0 aliphatic heterocycles. The van der Waals surface area contributed by atoms with E-state index in [-0.39, 0.29) is 11.7 Å². The largest absolute Gasteiger partial charge is 0.337 e. The number of benzene rings is 1. The second kappa shape index (κ2) is 7.68. The Kier molecular flexibility index (Phi) is 5.88. The van der Waals surface area contributed by atoms with Crippen molar-refractivity contribution in [3.63, 3.8) is 0 Å². The average molecular weight is 334 g/mol. The molecule has 23 heavy (non-hydrogen) atoms. The molecule has 1 amide bonds. The molecule has 1 heterocycles. The van der Waals surface area contributed by atoms with Crippen LogP contribution in [0.1, 0.15) is 38.2 Å². The fourth-order valence-corrected chi connectivity index (χ4v) is 3.18. The maximum atomic E-state index is 13.0. The van der Waals surface area contributed by atoms with Crippen LogP contribution in [0.25, 0.3) is 10.6 Å². The Hall–Kier alpha value is -1.75. The van der Waals surface area contributed by atoms with Crippen LogP contribution >= 0.6 is 11.3 Å². The summed E-state index contributed by atoms with van der Waals surface area (Å²) >= 11 is 1.41. The summed E-state index contributed by atoms with van der Waals surface area (Å²) in [7, 11) is 0. The second-order valence-electron chi connectivity index (χ2n) is 6.54. The number of hydrogen-bond acceptors (Lipinski definition) is 3. The van der Waals surface area contributed by atoms with E-state index in [0.717, 1.165) is 23.7 Å². The van der Waals surface area contributed by atoms with Crippen molar-refractivity contribution in [2.75, 3.05) is 13.1 Å². The normalized spacial score (nSPS) is 11.3. The Morgan fingerprint density at radius 3 is 2.22 bits per heavy atom. The number of thiazole rings is 1. The molecule has 5 heteroatoms. The molecule has 0 bridgehead atoms. The molecule has 1 aromatic carbocycles. The molecule has 3 nitrogen and oxygen atoms in total. The van der Waals surface area contributed by atoms with Crippen molar-refractivity contribution in [1.82, 2.24) is 9.88 Å². The Labute approximate surface area is 141 Å². The van der Waals surface area contributed by atoms with E-state index in [1.807, 2.05) is 4.90 Å². The quantitative estimate of drug-likeness (QED) is 0.767. The van der Waals surface area contributed by atoms with E-state index in [9.17, 15) is 9.18 Å². The highest BCUT2D eigenvalue weighted by Gasteiger charge is 2.20. The third-order valence-electron chi connectivity index (χ3n) is 3.27. The Balaban J connectivity index is 2.19. The molecule has 124 valence electrons. The van der Waals surface area contributed by atoms with Crippen LogP contribution in [-0.4, -0.2) is 28.9 Å². The maximum Gasteiger partial charge on any atom is 0.273 e. The van der Waals surface area contributed by atoms with E-state index in [1.165, 1.54) is 23.5 Å². The Morgan fingerprint density at radius 2 is 1.70 bits per heavy atom. The van der Waals surface area contributed by atoms with Gasteiger partial charge in [-0.1, -0.05) is 27.7 Å².